The van der Waals surface area contributed by atoms with Crippen LogP contribution in [0.1, 0.15) is 11.4 Å². The predicted molar refractivity (Wildman–Crippen MR) is 90.0 cm³/mol. The number of rotatable bonds is 7. The molecule has 0 saturated carbocycles. The van der Waals surface area contributed by atoms with Gasteiger partial charge in [-0.3, -0.25) is 9.58 Å². The third kappa shape index (κ3) is 6.44. The van der Waals surface area contributed by atoms with E-state index < -0.39 is 0 Å². The molecule has 2 aromatic rings. The fraction of sp³-hybridized carbons (Fsp3) is 0.429. The Kier molecular flexibility index (Phi) is 9.99. The van der Waals surface area contributed by atoms with Gasteiger partial charge in [0.2, 0.25) is 0 Å². The Morgan fingerprint density at radius 2 is 1.86 bits per heavy atom. The maximum absolute atomic E-state index is 5.68. The number of aromatic nitrogens is 3. The monoisotopic (exact) mass is 331 g/mol. The highest BCUT2D eigenvalue weighted by atomic mass is 35.5. The summed E-state index contributed by atoms with van der Waals surface area (Å²) >= 11 is 0. The summed E-state index contributed by atoms with van der Waals surface area (Å²) < 4.78 is 1.81. The highest BCUT2D eigenvalue weighted by Gasteiger charge is 2.09. The van der Waals surface area contributed by atoms with Crippen molar-refractivity contribution in [2.75, 3.05) is 19.6 Å². The molecule has 0 radical (unpaired) electrons. The van der Waals surface area contributed by atoms with Crippen molar-refractivity contribution in [3.63, 3.8) is 0 Å². The molecule has 0 unspecified atom stereocenters. The lowest BCUT2D eigenvalue weighted by Crippen LogP contribution is -2.32. The topological polar surface area (TPSA) is 60.0 Å². The molecule has 0 saturated heterocycles. The minimum absolute atomic E-state index is 0. The van der Waals surface area contributed by atoms with Gasteiger partial charge in [0.05, 0.1) is 6.54 Å². The third-order valence-corrected chi connectivity index (χ3v) is 3.18. The van der Waals surface area contributed by atoms with Crippen molar-refractivity contribution in [1.29, 1.82) is 0 Å². The predicted octanol–water partition coefficient (Wildman–Crippen LogP) is 1.66. The summed E-state index contributed by atoms with van der Waals surface area (Å²) in [7, 11) is 1.92. The second-order valence-corrected chi connectivity index (χ2v) is 4.60. The molecule has 0 aliphatic rings. The molecule has 0 atom stereocenters. The molecular weight excluding hydrogens is 309 g/mol. The van der Waals surface area contributed by atoms with Gasteiger partial charge in [-0.15, -0.1) is 24.8 Å². The number of benzene rings is 1. The highest BCUT2D eigenvalue weighted by molar-refractivity contribution is 5.85. The number of aryl methyl sites for hydroxylation is 1. The summed E-state index contributed by atoms with van der Waals surface area (Å²) in [5, 5.41) is 4.10. The summed E-state index contributed by atoms with van der Waals surface area (Å²) in [6.45, 7) is 3.31. The maximum Gasteiger partial charge on any atom is 0.140 e. The zero-order chi connectivity index (χ0) is 13.5. The van der Waals surface area contributed by atoms with E-state index in [-0.39, 0.29) is 24.8 Å². The quantitative estimate of drug-likeness (QED) is 0.838. The van der Waals surface area contributed by atoms with Crippen LogP contribution >= 0.6 is 24.8 Å². The van der Waals surface area contributed by atoms with Crippen molar-refractivity contribution in [2.24, 2.45) is 12.8 Å². The third-order valence-electron chi connectivity index (χ3n) is 3.18. The van der Waals surface area contributed by atoms with E-state index in [1.54, 1.807) is 6.33 Å². The van der Waals surface area contributed by atoms with Crippen LogP contribution in [-0.2, 0) is 20.0 Å². The van der Waals surface area contributed by atoms with Gasteiger partial charge in [0, 0.05) is 26.7 Å². The van der Waals surface area contributed by atoms with Crippen LogP contribution in [0.4, 0.5) is 0 Å². The average Bonchev–Trinajstić information content (AvgIpc) is 2.83. The molecule has 21 heavy (non-hydrogen) atoms. The molecule has 118 valence electrons. The molecule has 2 rings (SSSR count). The van der Waals surface area contributed by atoms with Crippen molar-refractivity contribution in [3.8, 4) is 0 Å². The Bertz CT molecular complexity index is 489. The van der Waals surface area contributed by atoms with Crippen LogP contribution in [0.2, 0.25) is 0 Å². The molecule has 1 heterocycles. The van der Waals surface area contributed by atoms with Gasteiger partial charge < -0.3 is 5.73 Å². The highest BCUT2D eigenvalue weighted by Crippen LogP contribution is 2.04. The lowest BCUT2D eigenvalue weighted by atomic mass is 10.1. The molecule has 2 N–H and O–H groups in total. The van der Waals surface area contributed by atoms with E-state index in [4.69, 9.17) is 5.73 Å². The van der Waals surface area contributed by atoms with Crippen molar-refractivity contribution < 1.29 is 0 Å². The van der Waals surface area contributed by atoms with Gasteiger partial charge in [-0.2, -0.15) is 5.10 Å². The first kappa shape index (κ1) is 19.9. The minimum Gasteiger partial charge on any atom is -0.329 e. The van der Waals surface area contributed by atoms with Gasteiger partial charge in [0.15, 0.2) is 0 Å². The Morgan fingerprint density at radius 3 is 2.43 bits per heavy atom. The number of hydrogen-bond donors (Lipinski definition) is 1. The first-order valence-electron chi connectivity index (χ1n) is 6.59. The molecule has 0 aliphatic carbocycles. The maximum atomic E-state index is 5.68. The molecule has 1 aromatic carbocycles. The Balaban J connectivity index is 0.00000200. The van der Waals surface area contributed by atoms with Crippen LogP contribution in [0.3, 0.4) is 0 Å². The van der Waals surface area contributed by atoms with Crippen LogP contribution in [0.15, 0.2) is 36.7 Å². The lowest BCUT2D eigenvalue weighted by molar-refractivity contribution is 0.265. The first-order valence-corrected chi connectivity index (χ1v) is 6.59. The second-order valence-electron chi connectivity index (χ2n) is 4.60. The van der Waals surface area contributed by atoms with Gasteiger partial charge >= 0.3 is 0 Å². The van der Waals surface area contributed by atoms with E-state index in [1.807, 2.05) is 17.8 Å². The summed E-state index contributed by atoms with van der Waals surface area (Å²) in [4.78, 5) is 6.58. The molecule has 0 aliphatic heterocycles. The van der Waals surface area contributed by atoms with Crippen LogP contribution in [-0.4, -0.2) is 39.3 Å². The fourth-order valence-corrected chi connectivity index (χ4v) is 2.05. The van der Waals surface area contributed by atoms with E-state index in [2.05, 4.69) is 39.2 Å². The van der Waals surface area contributed by atoms with E-state index in [0.29, 0.717) is 6.54 Å². The SMILES string of the molecule is Cl.Cl.Cn1ncnc1CN(CCN)CCc1ccccc1. The van der Waals surface area contributed by atoms with Gasteiger partial charge in [-0.25, -0.2) is 4.98 Å². The van der Waals surface area contributed by atoms with E-state index >= 15 is 0 Å². The molecule has 0 bridgehead atoms. The summed E-state index contributed by atoms with van der Waals surface area (Å²) in [5.41, 5.74) is 7.03. The first-order chi connectivity index (χ1) is 9.29. The number of nitrogens with two attached hydrogens (primary N) is 1. The normalized spacial score (nSPS) is 10.0. The Hall–Kier alpha value is -1.14. The molecule has 0 amide bonds. The average molecular weight is 332 g/mol. The van der Waals surface area contributed by atoms with Crippen LogP contribution in [0, 0.1) is 0 Å². The van der Waals surface area contributed by atoms with E-state index in [9.17, 15) is 0 Å². The molecule has 1 aromatic heterocycles. The Morgan fingerprint density at radius 1 is 1.14 bits per heavy atom. The smallest absolute Gasteiger partial charge is 0.140 e. The van der Waals surface area contributed by atoms with Crippen molar-refractivity contribution in [1.82, 2.24) is 19.7 Å². The summed E-state index contributed by atoms with van der Waals surface area (Å²) in [5.74, 6) is 0.974. The van der Waals surface area contributed by atoms with Gasteiger partial charge in [0.1, 0.15) is 12.2 Å². The second kappa shape index (κ2) is 10.6. The van der Waals surface area contributed by atoms with Crippen LogP contribution in [0.25, 0.3) is 0 Å². The fourth-order valence-electron chi connectivity index (χ4n) is 2.05. The molecule has 0 spiro atoms. The lowest BCUT2D eigenvalue weighted by Gasteiger charge is -2.20. The zero-order valence-corrected chi connectivity index (χ0v) is 13.8. The van der Waals surface area contributed by atoms with Crippen LogP contribution in [0.5, 0.6) is 0 Å². The molecule has 5 nitrogen and oxygen atoms in total. The van der Waals surface area contributed by atoms with Gasteiger partial charge in [0.25, 0.3) is 0 Å². The zero-order valence-electron chi connectivity index (χ0n) is 12.2. The number of hydrogen-bond acceptors (Lipinski definition) is 4. The molecule has 0 fully saturated rings. The Labute approximate surface area is 138 Å². The van der Waals surface area contributed by atoms with Crippen molar-refractivity contribution in [3.05, 3.63) is 48.0 Å². The van der Waals surface area contributed by atoms with Gasteiger partial charge in [-0.1, -0.05) is 30.3 Å². The molecule has 7 heteroatoms. The van der Waals surface area contributed by atoms with E-state index in [0.717, 1.165) is 31.9 Å². The molecular formula is C14H23Cl2N5. The van der Waals surface area contributed by atoms with Gasteiger partial charge in [-0.05, 0) is 12.0 Å². The number of halogens is 2. The number of nitrogens with zero attached hydrogens (tertiary/aromatic N) is 4. The standard InChI is InChI=1S/C14H21N5.2ClH/c1-18-14(16-12-17-18)11-19(10-8-15)9-7-13-5-3-2-4-6-13;;/h2-6,12H,7-11,15H2,1H3;2*1H. The largest absolute Gasteiger partial charge is 0.329 e. The van der Waals surface area contributed by atoms with Crippen molar-refractivity contribution >= 4 is 24.8 Å². The summed E-state index contributed by atoms with van der Waals surface area (Å²) in [6.07, 6.45) is 2.62. The van der Waals surface area contributed by atoms with Crippen molar-refractivity contribution in [2.45, 2.75) is 13.0 Å². The minimum atomic E-state index is 0. The van der Waals surface area contributed by atoms with Crippen LogP contribution < -0.4 is 5.73 Å². The van der Waals surface area contributed by atoms with E-state index in [1.165, 1.54) is 5.56 Å². The summed E-state index contributed by atoms with van der Waals surface area (Å²) in [6, 6.07) is 10.5.